The summed E-state index contributed by atoms with van der Waals surface area (Å²) in [6.45, 7) is 16.3. The highest BCUT2D eigenvalue weighted by molar-refractivity contribution is 5.78. The van der Waals surface area contributed by atoms with E-state index in [1.54, 1.807) is 0 Å². The minimum absolute atomic E-state index is 0.000548. The Labute approximate surface area is 227 Å². The average molecular weight is 534 g/mol. The van der Waals surface area contributed by atoms with Gasteiger partial charge in [-0.05, 0) is 53.9 Å². The second-order valence-corrected chi connectivity index (χ2v) is 9.44. The first-order valence-corrected chi connectivity index (χ1v) is 14.6. The van der Waals surface area contributed by atoms with Crippen molar-refractivity contribution in [1.82, 2.24) is 37.2 Å². The fourth-order valence-electron chi connectivity index (χ4n) is 3.69. The van der Waals surface area contributed by atoms with Crippen molar-refractivity contribution in [2.45, 2.75) is 72.2 Å². The van der Waals surface area contributed by atoms with Gasteiger partial charge in [-0.25, -0.2) is 0 Å². The molecular weight excluding hydrogens is 472 g/mol. The number of hydrogen-bond donors (Lipinski definition) is 8. The number of quaternary nitrogens is 1. The van der Waals surface area contributed by atoms with Gasteiger partial charge in [0.15, 0.2) is 6.67 Å². The van der Waals surface area contributed by atoms with E-state index >= 15 is 0 Å². The first kappa shape index (κ1) is 36.1. The minimum atomic E-state index is -0.309. The Kier molecular flexibility index (Phi) is 26.1. The number of ether oxygens (including phenoxy) is 2. The maximum absolute atomic E-state index is 12.9. The first-order valence-electron chi connectivity index (χ1n) is 14.6. The van der Waals surface area contributed by atoms with Crippen molar-refractivity contribution in [2.24, 2.45) is 5.92 Å². The Bertz CT molecular complexity index is 500. The van der Waals surface area contributed by atoms with Crippen LogP contribution in [0.2, 0.25) is 0 Å². The Morgan fingerprint density at radius 2 is 1.57 bits per heavy atom. The summed E-state index contributed by atoms with van der Waals surface area (Å²) in [5.74, 6) is -0.308. The van der Waals surface area contributed by atoms with Crippen LogP contribution in [0.15, 0.2) is 0 Å². The highest BCUT2D eigenvalue weighted by Gasteiger charge is 2.20. The molecule has 0 bridgehead atoms. The van der Waals surface area contributed by atoms with Gasteiger partial charge in [0.1, 0.15) is 6.23 Å². The van der Waals surface area contributed by atoms with Crippen LogP contribution in [-0.4, -0.2) is 105 Å². The van der Waals surface area contributed by atoms with Crippen molar-refractivity contribution in [1.29, 1.82) is 0 Å². The molecule has 0 fully saturated rings. The van der Waals surface area contributed by atoms with Gasteiger partial charge in [-0.2, -0.15) is 0 Å². The molecule has 0 spiro atoms. The van der Waals surface area contributed by atoms with E-state index in [2.05, 4.69) is 64.9 Å². The van der Waals surface area contributed by atoms with Gasteiger partial charge in [-0.1, -0.05) is 33.1 Å². The lowest BCUT2D eigenvalue weighted by atomic mass is 10.1. The molecule has 0 aliphatic carbocycles. The van der Waals surface area contributed by atoms with Crippen LogP contribution in [0.4, 0.5) is 0 Å². The summed E-state index contributed by atoms with van der Waals surface area (Å²) in [6.07, 6.45) is 6.10. The standard InChI is InChI=1S/C26H60N8O3/c1-7-11-12-13-15-30-18-25(28-6)37-21-31-16-23(26(35)32-20-34(9-3)10-4)19-36-22-33-24(27-5)17-29-14-8-2/h23-25,27-31,33H,7-22H2,1-6H3,(H,32,35)/p+1. The van der Waals surface area contributed by atoms with Gasteiger partial charge >= 0.3 is 0 Å². The number of rotatable bonds is 28. The van der Waals surface area contributed by atoms with E-state index in [9.17, 15) is 4.79 Å². The molecule has 1 amide bonds. The number of hydrogen-bond acceptors (Lipinski definition) is 9. The summed E-state index contributed by atoms with van der Waals surface area (Å²) in [6, 6.07) is 0. The molecule has 0 radical (unpaired) electrons. The summed E-state index contributed by atoms with van der Waals surface area (Å²) in [4.78, 5) is 14.3. The number of likely N-dealkylation sites (N-methyl/N-ethyl adjacent to an activating group) is 2. The van der Waals surface area contributed by atoms with Crippen molar-refractivity contribution < 1.29 is 19.2 Å². The molecule has 0 aromatic heterocycles. The molecule has 0 aliphatic rings. The second-order valence-electron chi connectivity index (χ2n) is 9.44. The summed E-state index contributed by atoms with van der Waals surface area (Å²) in [7, 11) is 3.81. The van der Waals surface area contributed by atoms with E-state index in [1.165, 1.54) is 30.6 Å². The van der Waals surface area contributed by atoms with Crippen molar-refractivity contribution >= 4 is 5.91 Å². The van der Waals surface area contributed by atoms with Crippen molar-refractivity contribution in [2.75, 3.05) is 86.6 Å². The van der Waals surface area contributed by atoms with Crippen molar-refractivity contribution in [3.63, 3.8) is 0 Å². The van der Waals surface area contributed by atoms with Crippen LogP contribution in [0.5, 0.6) is 0 Å². The molecule has 0 aromatic carbocycles. The van der Waals surface area contributed by atoms with Crippen molar-refractivity contribution in [3.05, 3.63) is 0 Å². The largest absolute Gasteiger partial charge is 0.365 e. The second kappa shape index (κ2) is 26.7. The van der Waals surface area contributed by atoms with Crippen LogP contribution in [0.25, 0.3) is 0 Å². The van der Waals surface area contributed by atoms with Crippen LogP contribution >= 0.6 is 0 Å². The molecular formula is C26H61N8O3+. The van der Waals surface area contributed by atoms with Crippen LogP contribution in [0.1, 0.15) is 59.8 Å². The smallest absolute Gasteiger partial charge is 0.230 e. The third-order valence-electron chi connectivity index (χ3n) is 6.39. The van der Waals surface area contributed by atoms with E-state index in [0.717, 1.165) is 45.7 Å². The fourth-order valence-corrected chi connectivity index (χ4v) is 3.69. The third-order valence-corrected chi connectivity index (χ3v) is 6.39. The molecule has 0 heterocycles. The number of carbonyl (C=O) groups excluding carboxylic acids is 1. The van der Waals surface area contributed by atoms with Gasteiger partial charge in [0.05, 0.1) is 45.2 Å². The van der Waals surface area contributed by atoms with Gasteiger partial charge in [0, 0.05) is 19.6 Å². The van der Waals surface area contributed by atoms with Crippen LogP contribution in [0, 0.1) is 5.92 Å². The number of nitrogens with one attached hydrogen (secondary N) is 8. The molecule has 0 saturated carbocycles. The van der Waals surface area contributed by atoms with Crippen LogP contribution in [0.3, 0.4) is 0 Å². The zero-order valence-electron chi connectivity index (χ0n) is 24.8. The lowest BCUT2D eigenvalue weighted by Gasteiger charge is -2.23. The zero-order chi connectivity index (χ0) is 27.6. The molecule has 11 nitrogen and oxygen atoms in total. The van der Waals surface area contributed by atoms with Gasteiger partial charge in [-0.15, -0.1) is 0 Å². The molecule has 8 N–H and O–H groups in total. The zero-order valence-corrected chi connectivity index (χ0v) is 24.8. The maximum Gasteiger partial charge on any atom is 0.230 e. The molecule has 3 atom stereocenters. The predicted molar refractivity (Wildman–Crippen MR) is 152 cm³/mol. The molecule has 0 saturated heterocycles. The van der Waals surface area contributed by atoms with E-state index in [1.807, 2.05) is 14.1 Å². The normalized spacial score (nSPS) is 14.1. The number of amides is 1. The third kappa shape index (κ3) is 20.7. The maximum atomic E-state index is 12.9. The fraction of sp³-hybridized carbons (Fsp3) is 0.962. The summed E-state index contributed by atoms with van der Waals surface area (Å²) >= 11 is 0. The summed E-state index contributed by atoms with van der Waals surface area (Å²) < 4.78 is 11.8. The Hall–Kier alpha value is -0.890. The van der Waals surface area contributed by atoms with Gasteiger partial charge in [-0.3, -0.25) is 20.7 Å². The Morgan fingerprint density at radius 3 is 2.22 bits per heavy atom. The highest BCUT2D eigenvalue weighted by Crippen LogP contribution is 1.98. The summed E-state index contributed by atoms with van der Waals surface area (Å²) in [5.41, 5.74) is 0. The van der Waals surface area contributed by atoms with E-state index in [0.29, 0.717) is 33.3 Å². The van der Waals surface area contributed by atoms with E-state index in [-0.39, 0.29) is 24.2 Å². The minimum Gasteiger partial charge on any atom is -0.365 e. The SMILES string of the molecule is CCCCCCNCC(NC)OCNCC(COCNC(CNCCC)NC)C(=O)NC[NH+](CC)CC. The van der Waals surface area contributed by atoms with Gasteiger partial charge in [0.2, 0.25) is 5.91 Å². The molecule has 0 rings (SSSR count). The van der Waals surface area contributed by atoms with Gasteiger partial charge < -0.3 is 35.6 Å². The number of carbonyl (C=O) groups is 1. The van der Waals surface area contributed by atoms with Crippen LogP contribution < -0.4 is 42.1 Å². The van der Waals surface area contributed by atoms with Crippen LogP contribution in [-0.2, 0) is 14.3 Å². The molecule has 222 valence electrons. The monoisotopic (exact) mass is 533 g/mol. The highest BCUT2D eigenvalue weighted by atomic mass is 16.5. The topological polar surface area (TPSA) is 124 Å². The lowest BCUT2D eigenvalue weighted by molar-refractivity contribution is -0.898. The van der Waals surface area contributed by atoms with Gasteiger partial charge in [0.25, 0.3) is 0 Å². The van der Waals surface area contributed by atoms with E-state index < -0.39 is 0 Å². The van der Waals surface area contributed by atoms with Crippen molar-refractivity contribution in [3.8, 4) is 0 Å². The average Bonchev–Trinajstić information content (AvgIpc) is 2.92. The molecule has 3 unspecified atom stereocenters. The predicted octanol–water partition coefficient (Wildman–Crippen LogP) is -1.01. The quantitative estimate of drug-likeness (QED) is 0.0472. The lowest BCUT2D eigenvalue weighted by Crippen LogP contribution is -3.13. The Morgan fingerprint density at radius 1 is 0.811 bits per heavy atom. The first-order chi connectivity index (χ1) is 18.1. The summed E-state index contributed by atoms with van der Waals surface area (Å²) in [5, 5.41) is 22.9. The molecule has 0 aliphatic heterocycles. The molecule has 37 heavy (non-hydrogen) atoms. The molecule has 0 aromatic rings. The molecule has 11 heteroatoms. The number of unbranched alkanes of at least 4 members (excludes halogenated alkanes) is 3. The van der Waals surface area contributed by atoms with E-state index in [4.69, 9.17) is 9.47 Å². The Balaban J connectivity index is 4.50.